The van der Waals surface area contributed by atoms with Crippen molar-refractivity contribution in [3.63, 3.8) is 0 Å². The Labute approximate surface area is 117 Å². The molecule has 0 amide bonds. The van der Waals surface area contributed by atoms with Crippen molar-refractivity contribution in [3.8, 4) is 0 Å². The lowest BCUT2D eigenvalue weighted by Gasteiger charge is -2.44. The number of anilines is 1. The Bertz CT molecular complexity index is 449. The molecule has 1 heterocycles. The highest BCUT2D eigenvalue weighted by Gasteiger charge is 2.32. The van der Waals surface area contributed by atoms with Gasteiger partial charge in [0, 0.05) is 30.9 Å². The number of hydrogen-bond donors (Lipinski definition) is 1. The molecule has 0 radical (unpaired) electrons. The van der Waals surface area contributed by atoms with Gasteiger partial charge in [-0.05, 0) is 55.4 Å². The number of benzene rings is 1. The highest BCUT2D eigenvalue weighted by molar-refractivity contribution is 5.53. The van der Waals surface area contributed by atoms with E-state index < -0.39 is 0 Å². The molecule has 0 aromatic heterocycles. The number of hydrogen-bond acceptors (Lipinski definition) is 2. The fraction of sp³-hybridized carbons (Fsp3) is 0.647. The normalized spacial score (nSPS) is 21.5. The Hall–Kier alpha value is -1.02. The zero-order valence-electron chi connectivity index (χ0n) is 12.3. The number of aryl methyl sites for hydroxylation is 2. The van der Waals surface area contributed by atoms with Crippen LogP contribution in [-0.2, 0) is 12.8 Å². The molecule has 2 heteroatoms. The van der Waals surface area contributed by atoms with E-state index in [9.17, 15) is 0 Å². The van der Waals surface area contributed by atoms with E-state index in [1.807, 2.05) is 0 Å². The van der Waals surface area contributed by atoms with Gasteiger partial charge >= 0.3 is 0 Å². The van der Waals surface area contributed by atoms with Crippen LogP contribution < -0.4 is 10.2 Å². The molecule has 1 N–H and O–H groups in total. The van der Waals surface area contributed by atoms with E-state index in [1.54, 1.807) is 11.1 Å². The molecule has 19 heavy (non-hydrogen) atoms. The summed E-state index contributed by atoms with van der Waals surface area (Å²) in [7, 11) is 0. The maximum atomic E-state index is 3.74. The van der Waals surface area contributed by atoms with Gasteiger partial charge in [-0.3, -0.25) is 0 Å². The van der Waals surface area contributed by atoms with Crippen LogP contribution in [0.4, 0.5) is 5.69 Å². The van der Waals surface area contributed by atoms with Crippen molar-refractivity contribution in [2.75, 3.05) is 24.5 Å². The van der Waals surface area contributed by atoms with Gasteiger partial charge in [-0.2, -0.15) is 0 Å². The summed E-state index contributed by atoms with van der Waals surface area (Å²) in [6.45, 7) is 8.02. The summed E-state index contributed by atoms with van der Waals surface area (Å²) < 4.78 is 0. The SMILES string of the molecule is CCC1(CC)CN(c2ccc3c(c2)CCC3)CCN1. The number of nitrogens with zero attached hydrogens (tertiary/aromatic N) is 1. The van der Waals surface area contributed by atoms with E-state index in [0.717, 1.165) is 19.6 Å². The van der Waals surface area contributed by atoms with Crippen LogP contribution in [0, 0.1) is 0 Å². The summed E-state index contributed by atoms with van der Waals surface area (Å²) in [5.41, 5.74) is 4.93. The first kappa shape index (κ1) is 13.0. The van der Waals surface area contributed by atoms with Crippen molar-refractivity contribution < 1.29 is 0 Å². The average Bonchev–Trinajstić information content (AvgIpc) is 2.94. The van der Waals surface area contributed by atoms with E-state index >= 15 is 0 Å². The Balaban J connectivity index is 1.82. The quantitative estimate of drug-likeness (QED) is 0.896. The summed E-state index contributed by atoms with van der Waals surface area (Å²) in [6.07, 6.45) is 6.33. The summed E-state index contributed by atoms with van der Waals surface area (Å²) >= 11 is 0. The van der Waals surface area contributed by atoms with E-state index in [0.29, 0.717) is 5.54 Å². The zero-order chi connectivity index (χ0) is 13.3. The van der Waals surface area contributed by atoms with Gasteiger partial charge in [0.1, 0.15) is 0 Å². The maximum Gasteiger partial charge on any atom is 0.0370 e. The van der Waals surface area contributed by atoms with Crippen LogP contribution in [0.5, 0.6) is 0 Å². The molecule has 0 bridgehead atoms. The van der Waals surface area contributed by atoms with Crippen LogP contribution in [0.25, 0.3) is 0 Å². The molecule has 0 atom stereocenters. The van der Waals surface area contributed by atoms with Crippen molar-refractivity contribution in [1.82, 2.24) is 5.32 Å². The van der Waals surface area contributed by atoms with Gasteiger partial charge in [-0.1, -0.05) is 19.9 Å². The molecule has 1 aromatic carbocycles. The summed E-state index contributed by atoms with van der Waals surface area (Å²) in [5.74, 6) is 0. The van der Waals surface area contributed by atoms with E-state index in [2.05, 4.69) is 42.3 Å². The lowest BCUT2D eigenvalue weighted by Crippen LogP contribution is -2.60. The monoisotopic (exact) mass is 258 g/mol. The summed E-state index contributed by atoms with van der Waals surface area (Å²) in [5, 5.41) is 3.74. The van der Waals surface area contributed by atoms with Crippen molar-refractivity contribution in [1.29, 1.82) is 0 Å². The molecule has 1 aliphatic heterocycles. The van der Waals surface area contributed by atoms with Crippen molar-refractivity contribution >= 4 is 5.69 Å². The molecule has 104 valence electrons. The highest BCUT2D eigenvalue weighted by Crippen LogP contribution is 2.29. The van der Waals surface area contributed by atoms with Crippen molar-refractivity contribution in [3.05, 3.63) is 29.3 Å². The molecule has 1 aromatic rings. The minimum Gasteiger partial charge on any atom is -0.368 e. The third-order valence-electron chi connectivity index (χ3n) is 5.18. The molecule has 3 rings (SSSR count). The Morgan fingerprint density at radius 1 is 1.16 bits per heavy atom. The van der Waals surface area contributed by atoms with Gasteiger partial charge in [0.25, 0.3) is 0 Å². The van der Waals surface area contributed by atoms with Crippen LogP contribution in [0.1, 0.15) is 44.2 Å². The largest absolute Gasteiger partial charge is 0.368 e. The highest BCUT2D eigenvalue weighted by atomic mass is 15.2. The average molecular weight is 258 g/mol. The van der Waals surface area contributed by atoms with Crippen LogP contribution in [0.15, 0.2) is 18.2 Å². The Kier molecular flexibility index (Phi) is 3.53. The number of nitrogens with one attached hydrogen (secondary N) is 1. The second-order valence-electron chi connectivity index (χ2n) is 6.14. The maximum absolute atomic E-state index is 3.74. The molecule has 1 fully saturated rings. The van der Waals surface area contributed by atoms with Gasteiger partial charge in [0.05, 0.1) is 0 Å². The van der Waals surface area contributed by atoms with Gasteiger partial charge in [-0.15, -0.1) is 0 Å². The van der Waals surface area contributed by atoms with Gasteiger partial charge in [0.15, 0.2) is 0 Å². The fourth-order valence-corrected chi connectivity index (χ4v) is 3.66. The van der Waals surface area contributed by atoms with Gasteiger partial charge < -0.3 is 10.2 Å². The summed E-state index contributed by atoms with van der Waals surface area (Å²) in [6, 6.07) is 7.15. The molecular formula is C17H26N2. The minimum atomic E-state index is 0.317. The smallest absolute Gasteiger partial charge is 0.0370 e. The van der Waals surface area contributed by atoms with Crippen LogP contribution in [-0.4, -0.2) is 25.2 Å². The molecule has 0 spiro atoms. The molecule has 0 unspecified atom stereocenters. The molecule has 0 saturated carbocycles. The first-order valence-corrected chi connectivity index (χ1v) is 7.88. The first-order chi connectivity index (χ1) is 9.26. The van der Waals surface area contributed by atoms with Crippen LogP contribution >= 0.6 is 0 Å². The standard InChI is InChI=1S/C17H26N2/c1-3-17(4-2)13-19(11-10-18-17)16-9-8-14-6-5-7-15(14)12-16/h8-9,12,18H,3-7,10-11,13H2,1-2H3. The third kappa shape index (κ3) is 2.38. The van der Waals surface area contributed by atoms with Crippen molar-refractivity contribution in [2.45, 2.75) is 51.5 Å². The van der Waals surface area contributed by atoms with E-state index in [1.165, 1.54) is 37.8 Å². The fourth-order valence-electron chi connectivity index (χ4n) is 3.66. The predicted octanol–water partition coefficient (Wildman–Crippen LogP) is 3.14. The first-order valence-electron chi connectivity index (χ1n) is 7.88. The third-order valence-corrected chi connectivity index (χ3v) is 5.18. The topological polar surface area (TPSA) is 15.3 Å². The number of piperazine rings is 1. The Morgan fingerprint density at radius 3 is 2.74 bits per heavy atom. The lowest BCUT2D eigenvalue weighted by atomic mass is 9.90. The summed E-state index contributed by atoms with van der Waals surface area (Å²) in [4.78, 5) is 2.59. The van der Waals surface area contributed by atoms with E-state index in [-0.39, 0.29) is 0 Å². The van der Waals surface area contributed by atoms with Crippen molar-refractivity contribution in [2.24, 2.45) is 0 Å². The molecule has 1 aliphatic carbocycles. The lowest BCUT2D eigenvalue weighted by molar-refractivity contribution is 0.277. The predicted molar refractivity (Wildman–Crippen MR) is 82.0 cm³/mol. The van der Waals surface area contributed by atoms with Gasteiger partial charge in [-0.25, -0.2) is 0 Å². The molecule has 1 saturated heterocycles. The Morgan fingerprint density at radius 2 is 1.95 bits per heavy atom. The van der Waals surface area contributed by atoms with E-state index in [4.69, 9.17) is 0 Å². The minimum absolute atomic E-state index is 0.317. The molecule has 2 aliphatic rings. The zero-order valence-corrected chi connectivity index (χ0v) is 12.3. The van der Waals surface area contributed by atoms with Crippen LogP contribution in [0.2, 0.25) is 0 Å². The number of rotatable bonds is 3. The molecular weight excluding hydrogens is 232 g/mol. The molecule has 2 nitrogen and oxygen atoms in total. The van der Waals surface area contributed by atoms with Crippen LogP contribution in [0.3, 0.4) is 0 Å². The number of fused-ring (bicyclic) bond motifs is 1. The van der Waals surface area contributed by atoms with Gasteiger partial charge in [0.2, 0.25) is 0 Å². The second kappa shape index (κ2) is 5.16. The second-order valence-corrected chi connectivity index (χ2v) is 6.14.